The van der Waals surface area contributed by atoms with Gasteiger partial charge in [-0.05, 0) is 24.1 Å². The molecule has 0 spiro atoms. The minimum atomic E-state index is -0.522. The van der Waals surface area contributed by atoms with Crippen LogP contribution in [0.5, 0.6) is 0 Å². The van der Waals surface area contributed by atoms with E-state index >= 15 is 0 Å². The van der Waals surface area contributed by atoms with Gasteiger partial charge < -0.3 is 10.5 Å². The molecule has 0 amide bonds. The van der Waals surface area contributed by atoms with Crippen LogP contribution in [0.2, 0.25) is 0 Å². The van der Waals surface area contributed by atoms with Crippen LogP contribution >= 0.6 is 0 Å². The fraction of sp³-hybridized carbons (Fsp3) is 0.214. The first-order chi connectivity index (χ1) is 9.52. The van der Waals surface area contributed by atoms with Gasteiger partial charge in [0, 0.05) is 18.1 Å². The minimum Gasteiger partial charge on any atom is -0.465 e. The molecule has 0 aliphatic heterocycles. The number of aryl methyl sites for hydroxylation is 1. The number of hydrogen-bond acceptors (Lipinski definition) is 5. The van der Waals surface area contributed by atoms with E-state index in [0.717, 1.165) is 5.56 Å². The van der Waals surface area contributed by atoms with Crippen LogP contribution in [0.3, 0.4) is 0 Å². The van der Waals surface area contributed by atoms with Gasteiger partial charge in [0.2, 0.25) is 0 Å². The number of nitrogen functional groups attached to an aromatic ring is 1. The number of methoxy groups -OCH3 is 1. The summed E-state index contributed by atoms with van der Waals surface area (Å²) in [6, 6.07) is 5.08. The van der Waals surface area contributed by atoms with Crippen LogP contribution < -0.4 is 11.4 Å². The molecule has 2 aromatic rings. The zero-order chi connectivity index (χ0) is 14.7. The zero-order valence-electron chi connectivity index (χ0n) is 11.3. The number of carbonyl (C=O) groups is 1. The van der Waals surface area contributed by atoms with Crippen LogP contribution in [-0.2, 0) is 11.3 Å². The quantitative estimate of drug-likeness (QED) is 0.665. The van der Waals surface area contributed by atoms with E-state index < -0.39 is 5.97 Å². The van der Waals surface area contributed by atoms with E-state index in [1.165, 1.54) is 17.9 Å². The number of carbonyl (C=O) groups excluding carboxylic acids is 1. The molecule has 104 valence electrons. The number of nitrogens with two attached hydrogens (primary N) is 1. The average molecular weight is 273 g/mol. The maximum atomic E-state index is 11.8. The van der Waals surface area contributed by atoms with Gasteiger partial charge in [-0.3, -0.25) is 4.57 Å². The van der Waals surface area contributed by atoms with Gasteiger partial charge in [-0.25, -0.2) is 14.6 Å². The summed E-state index contributed by atoms with van der Waals surface area (Å²) >= 11 is 0. The molecule has 6 nitrogen and oxygen atoms in total. The first kappa shape index (κ1) is 13.8. The number of benzene rings is 1. The third-order valence-corrected chi connectivity index (χ3v) is 2.90. The van der Waals surface area contributed by atoms with E-state index in [2.05, 4.69) is 4.98 Å². The van der Waals surface area contributed by atoms with E-state index in [0.29, 0.717) is 11.3 Å². The first-order valence-electron chi connectivity index (χ1n) is 6.01. The third kappa shape index (κ3) is 2.69. The van der Waals surface area contributed by atoms with Crippen LogP contribution in [0.1, 0.15) is 21.5 Å². The highest BCUT2D eigenvalue weighted by Crippen LogP contribution is 2.19. The van der Waals surface area contributed by atoms with Crippen LogP contribution in [0, 0.1) is 6.92 Å². The fourth-order valence-electron chi connectivity index (χ4n) is 1.97. The standard InChI is InChI=1S/C14H15N3O3/c1-9-6-16-14(19)17(7-9)8-10-4-3-5-11(15)12(10)13(18)20-2/h3-7H,8,15H2,1-2H3. The Bertz CT molecular complexity index is 707. The smallest absolute Gasteiger partial charge is 0.347 e. The number of esters is 1. The highest BCUT2D eigenvalue weighted by atomic mass is 16.5. The molecule has 0 fully saturated rings. The van der Waals surface area contributed by atoms with Crippen molar-refractivity contribution in [1.82, 2.24) is 9.55 Å². The molecule has 6 heteroatoms. The second-order valence-corrected chi connectivity index (χ2v) is 4.41. The van der Waals surface area contributed by atoms with Gasteiger partial charge in [-0.2, -0.15) is 0 Å². The topological polar surface area (TPSA) is 87.2 Å². The zero-order valence-corrected chi connectivity index (χ0v) is 11.3. The van der Waals surface area contributed by atoms with Crippen molar-refractivity contribution in [2.75, 3.05) is 12.8 Å². The second-order valence-electron chi connectivity index (χ2n) is 4.41. The van der Waals surface area contributed by atoms with Crippen molar-refractivity contribution in [3.05, 3.63) is 57.8 Å². The Labute approximate surface area is 115 Å². The lowest BCUT2D eigenvalue weighted by Crippen LogP contribution is -2.24. The monoisotopic (exact) mass is 273 g/mol. The van der Waals surface area contributed by atoms with Gasteiger partial charge in [0.25, 0.3) is 0 Å². The number of ether oxygens (including phenoxy) is 1. The molecular formula is C14H15N3O3. The molecule has 2 rings (SSSR count). The molecule has 0 unspecified atom stereocenters. The Morgan fingerprint density at radius 2 is 2.20 bits per heavy atom. The lowest BCUT2D eigenvalue weighted by atomic mass is 10.1. The molecule has 0 atom stereocenters. The fourth-order valence-corrected chi connectivity index (χ4v) is 1.97. The van der Waals surface area contributed by atoms with Crippen molar-refractivity contribution < 1.29 is 9.53 Å². The van der Waals surface area contributed by atoms with Gasteiger partial charge in [0.15, 0.2) is 0 Å². The minimum absolute atomic E-state index is 0.211. The van der Waals surface area contributed by atoms with Gasteiger partial charge in [0.05, 0.1) is 19.2 Å². The summed E-state index contributed by atoms with van der Waals surface area (Å²) < 4.78 is 6.15. The van der Waals surface area contributed by atoms with Crippen molar-refractivity contribution in [2.24, 2.45) is 0 Å². The largest absolute Gasteiger partial charge is 0.465 e. The molecule has 0 aliphatic rings. The van der Waals surface area contributed by atoms with Crippen LogP contribution in [-0.4, -0.2) is 22.6 Å². The Morgan fingerprint density at radius 1 is 1.45 bits per heavy atom. The van der Waals surface area contributed by atoms with Crippen molar-refractivity contribution in [2.45, 2.75) is 13.5 Å². The van der Waals surface area contributed by atoms with Crippen molar-refractivity contribution in [3.63, 3.8) is 0 Å². The van der Waals surface area contributed by atoms with Gasteiger partial charge in [-0.15, -0.1) is 0 Å². The number of aromatic nitrogens is 2. The summed E-state index contributed by atoms with van der Waals surface area (Å²) in [4.78, 5) is 27.3. The molecular weight excluding hydrogens is 258 g/mol. The highest BCUT2D eigenvalue weighted by Gasteiger charge is 2.16. The van der Waals surface area contributed by atoms with Gasteiger partial charge in [0.1, 0.15) is 0 Å². The lowest BCUT2D eigenvalue weighted by Gasteiger charge is -2.12. The molecule has 1 heterocycles. The van der Waals surface area contributed by atoms with Crippen molar-refractivity contribution in [1.29, 1.82) is 0 Å². The van der Waals surface area contributed by atoms with E-state index in [1.807, 2.05) is 6.92 Å². The Balaban J connectivity index is 2.49. The molecule has 0 radical (unpaired) electrons. The summed E-state index contributed by atoms with van der Waals surface area (Å²) in [5.41, 5.74) is 7.51. The summed E-state index contributed by atoms with van der Waals surface area (Å²) in [6.07, 6.45) is 3.18. The summed E-state index contributed by atoms with van der Waals surface area (Å²) in [5.74, 6) is -0.522. The summed E-state index contributed by atoms with van der Waals surface area (Å²) in [6.45, 7) is 2.05. The molecule has 0 saturated heterocycles. The Kier molecular flexibility index (Phi) is 3.84. The normalized spacial score (nSPS) is 10.3. The van der Waals surface area contributed by atoms with Gasteiger partial charge >= 0.3 is 11.7 Å². The molecule has 20 heavy (non-hydrogen) atoms. The average Bonchev–Trinajstić information content (AvgIpc) is 2.42. The number of rotatable bonds is 3. The van der Waals surface area contributed by atoms with E-state index in [1.54, 1.807) is 24.4 Å². The number of nitrogens with zero attached hydrogens (tertiary/aromatic N) is 2. The van der Waals surface area contributed by atoms with Crippen LogP contribution in [0.15, 0.2) is 35.4 Å². The molecule has 2 N–H and O–H groups in total. The lowest BCUT2D eigenvalue weighted by molar-refractivity contribution is 0.0600. The molecule has 1 aromatic heterocycles. The molecule has 0 bridgehead atoms. The van der Waals surface area contributed by atoms with E-state index in [4.69, 9.17) is 10.5 Å². The second kappa shape index (κ2) is 5.56. The first-order valence-corrected chi connectivity index (χ1v) is 6.01. The van der Waals surface area contributed by atoms with E-state index in [-0.39, 0.29) is 17.8 Å². The Morgan fingerprint density at radius 3 is 2.90 bits per heavy atom. The number of anilines is 1. The maximum absolute atomic E-state index is 11.8. The molecule has 0 aliphatic carbocycles. The predicted octanol–water partition coefficient (Wildman–Crippen LogP) is 0.969. The van der Waals surface area contributed by atoms with Crippen molar-refractivity contribution >= 4 is 11.7 Å². The summed E-state index contributed by atoms with van der Waals surface area (Å²) in [7, 11) is 1.29. The molecule has 1 aromatic carbocycles. The predicted molar refractivity (Wildman–Crippen MR) is 74.5 cm³/mol. The van der Waals surface area contributed by atoms with Crippen LogP contribution in [0.25, 0.3) is 0 Å². The SMILES string of the molecule is COC(=O)c1c(N)cccc1Cn1cc(C)cnc1=O. The van der Waals surface area contributed by atoms with Crippen LogP contribution in [0.4, 0.5) is 5.69 Å². The third-order valence-electron chi connectivity index (χ3n) is 2.90. The highest BCUT2D eigenvalue weighted by molar-refractivity contribution is 5.96. The van der Waals surface area contributed by atoms with E-state index in [9.17, 15) is 9.59 Å². The maximum Gasteiger partial charge on any atom is 0.347 e. The van der Waals surface area contributed by atoms with Gasteiger partial charge in [-0.1, -0.05) is 12.1 Å². The Hall–Kier alpha value is -2.63. The van der Waals surface area contributed by atoms with Crippen molar-refractivity contribution in [3.8, 4) is 0 Å². The number of hydrogen-bond donors (Lipinski definition) is 1. The summed E-state index contributed by atoms with van der Waals surface area (Å²) in [5, 5.41) is 0. The molecule has 0 saturated carbocycles.